The lowest BCUT2D eigenvalue weighted by atomic mass is 10.1. The molecular formula is C11H21N3O3. The third-order valence-electron chi connectivity index (χ3n) is 3.03. The monoisotopic (exact) mass is 243 g/mol. The summed E-state index contributed by atoms with van der Waals surface area (Å²) in [5, 5.41) is 11.5. The highest BCUT2D eigenvalue weighted by molar-refractivity contribution is 5.76. The van der Waals surface area contributed by atoms with E-state index in [1.807, 2.05) is 14.0 Å². The molecule has 1 unspecified atom stereocenters. The maximum absolute atomic E-state index is 11.9. The molecule has 17 heavy (non-hydrogen) atoms. The Labute approximate surface area is 102 Å². The van der Waals surface area contributed by atoms with Crippen molar-refractivity contribution in [3.8, 4) is 0 Å². The van der Waals surface area contributed by atoms with Crippen molar-refractivity contribution in [2.75, 3.05) is 33.2 Å². The van der Waals surface area contributed by atoms with E-state index in [4.69, 9.17) is 5.11 Å². The minimum atomic E-state index is -0.879. The van der Waals surface area contributed by atoms with Crippen LogP contribution in [0.15, 0.2) is 0 Å². The number of hydrogen-bond acceptors (Lipinski definition) is 3. The van der Waals surface area contributed by atoms with Gasteiger partial charge in [0.1, 0.15) is 0 Å². The summed E-state index contributed by atoms with van der Waals surface area (Å²) >= 11 is 0. The first-order valence-electron chi connectivity index (χ1n) is 5.98. The van der Waals surface area contributed by atoms with Crippen LogP contribution < -0.4 is 5.32 Å². The number of carbonyl (C=O) groups excluding carboxylic acids is 1. The zero-order valence-electron chi connectivity index (χ0n) is 10.5. The second-order valence-corrected chi connectivity index (χ2v) is 4.44. The lowest BCUT2D eigenvalue weighted by Crippen LogP contribution is -2.52. The van der Waals surface area contributed by atoms with Crippen LogP contribution >= 0.6 is 0 Å². The Morgan fingerprint density at radius 3 is 2.35 bits per heavy atom. The lowest BCUT2D eigenvalue weighted by molar-refractivity contribution is -0.137. The molecule has 0 aromatic rings. The van der Waals surface area contributed by atoms with Gasteiger partial charge in [-0.2, -0.15) is 0 Å². The number of piperazine rings is 1. The highest BCUT2D eigenvalue weighted by atomic mass is 16.4. The van der Waals surface area contributed by atoms with Crippen molar-refractivity contribution in [2.24, 2.45) is 0 Å². The molecule has 1 rings (SSSR count). The fraction of sp³-hybridized carbons (Fsp3) is 0.818. The summed E-state index contributed by atoms with van der Waals surface area (Å²) < 4.78 is 0. The number of nitrogens with zero attached hydrogens (tertiary/aromatic N) is 2. The van der Waals surface area contributed by atoms with Crippen molar-refractivity contribution in [1.29, 1.82) is 0 Å². The molecule has 0 aromatic carbocycles. The van der Waals surface area contributed by atoms with Crippen molar-refractivity contribution < 1.29 is 14.7 Å². The molecule has 0 saturated carbocycles. The molecule has 1 aliphatic rings. The fourth-order valence-corrected chi connectivity index (χ4v) is 1.78. The predicted molar refractivity (Wildman–Crippen MR) is 63.9 cm³/mol. The number of urea groups is 1. The second-order valence-electron chi connectivity index (χ2n) is 4.44. The highest BCUT2D eigenvalue weighted by Crippen LogP contribution is 2.03. The smallest absolute Gasteiger partial charge is 0.317 e. The molecule has 0 bridgehead atoms. The van der Waals surface area contributed by atoms with Gasteiger partial charge in [-0.15, -0.1) is 0 Å². The highest BCUT2D eigenvalue weighted by Gasteiger charge is 2.21. The summed E-state index contributed by atoms with van der Waals surface area (Å²) in [5.74, 6) is -0.879. The summed E-state index contributed by atoms with van der Waals surface area (Å²) in [4.78, 5) is 26.4. The second kappa shape index (κ2) is 6.44. The number of likely N-dealkylation sites (N-methyl/N-ethyl adjacent to an activating group) is 1. The van der Waals surface area contributed by atoms with Gasteiger partial charge in [0.15, 0.2) is 0 Å². The molecule has 1 saturated heterocycles. The Morgan fingerprint density at radius 1 is 1.29 bits per heavy atom. The largest absolute Gasteiger partial charge is 0.481 e. The van der Waals surface area contributed by atoms with Crippen LogP contribution in [0.1, 0.15) is 19.8 Å². The van der Waals surface area contributed by atoms with Gasteiger partial charge in [-0.05, 0) is 13.5 Å². The lowest BCUT2D eigenvalue weighted by Gasteiger charge is -2.33. The first-order chi connectivity index (χ1) is 8.02. The van der Waals surface area contributed by atoms with Crippen LogP contribution in [0, 0.1) is 0 Å². The Kier molecular flexibility index (Phi) is 5.21. The number of carboxylic acid groups (broad SMARTS) is 1. The van der Waals surface area contributed by atoms with Crippen molar-refractivity contribution in [1.82, 2.24) is 15.1 Å². The zero-order chi connectivity index (χ0) is 12.8. The Bertz CT molecular complexity index is 275. The number of carboxylic acids is 1. The van der Waals surface area contributed by atoms with E-state index in [1.165, 1.54) is 0 Å². The van der Waals surface area contributed by atoms with Gasteiger partial charge in [-0.3, -0.25) is 4.79 Å². The molecule has 0 radical (unpaired) electrons. The van der Waals surface area contributed by atoms with E-state index >= 15 is 0 Å². The Hall–Kier alpha value is -1.30. The minimum Gasteiger partial charge on any atom is -0.481 e. The van der Waals surface area contributed by atoms with Crippen LogP contribution in [-0.4, -0.2) is 66.2 Å². The molecule has 1 atom stereocenters. The normalized spacial score (nSPS) is 18.8. The Balaban J connectivity index is 2.39. The molecule has 0 aliphatic carbocycles. The van der Waals surface area contributed by atoms with Gasteiger partial charge in [-0.1, -0.05) is 6.92 Å². The maximum Gasteiger partial charge on any atom is 0.317 e. The van der Waals surface area contributed by atoms with Crippen molar-refractivity contribution in [2.45, 2.75) is 25.8 Å². The van der Waals surface area contributed by atoms with E-state index in [-0.39, 0.29) is 18.5 Å². The van der Waals surface area contributed by atoms with Gasteiger partial charge in [0.25, 0.3) is 0 Å². The molecule has 1 aliphatic heterocycles. The van der Waals surface area contributed by atoms with E-state index in [2.05, 4.69) is 10.2 Å². The van der Waals surface area contributed by atoms with Gasteiger partial charge in [0.05, 0.1) is 6.42 Å². The van der Waals surface area contributed by atoms with Crippen LogP contribution in [-0.2, 0) is 4.79 Å². The standard InChI is InChI=1S/C11H21N3O3/c1-3-9(8-10(15)16)12-11(17)14-6-4-13(2)5-7-14/h9H,3-8H2,1-2H3,(H,12,17)(H,15,16). The van der Waals surface area contributed by atoms with E-state index in [0.29, 0.717) is 19.5 Å². The molecule has 1 heterocycles. The van der Waals surface area contributed by atoms with Crippen LogP contribution in [0.5, 0.6) is 0 Å². The molecule has 0 spiro atoms. The van der Waals surface area contributed by atoms with E-state index < -0.39 is 5.97 Å². The fourth-order valence-electron chi connectivity index (χ4n) is 1.78. The number of aliphatic carboxylic acids is 1. The first kappa shape index (κ1) is 13.8. The van der Waals surface area contributed by atoms with Crippen LogP contribution in [0.2, 0.25) is 0 Å². The van der Waals surface area contributed by atoms with Crippen LogP contribution in [0.25, 0.3) is 0 Å². The van der Waals surface area contributed by atoms with Gasteiger partial charge in [0.2, 0.25) is 0 Å². The molecular weight excluding hydrogens is 222 g/mol. The molecule has 1 fully saturated rings. The Morgan fingerprint density at radius 2 is 1.88 bits per heavy atom. The van der Waals surface area contributed by atoms with Crippen LogP contribution in [0.3, 0.4) is 0 Å². The molecule has 0 aromatic heterocycles. The third-order valence-corrected chi connectivity index (χ3v) is 3.03. The van der Waals surface area contributed by atoms with Gasteiger partial charge >= 0.3 is 12.0 Å². The van der Waals surface area contributed by atoms with Gasteiger partial charge in [-0.25, -0.2) is 4.79 Å². The molecule has 6 nitrogen and oxygen atoms in total. The summed E-state index contributed by atoms with van der Waals surface area (Å²) in [7, 11) is 2.02. The third kappa shape index (κ3) is 4.60. The number of nitrogens with one attached hydrogen (secondary N) is 1. The van der Waals surface area contributed by atoms with Crippen molar-refractivity contribution in [3.63, 3.8) is 0 Å². The maximum atomic E-state index is 11.9. The number of carbonyl (C=O) groups is 2. The zero-order valence-corrected chi connectivity index (χ0v) is 10.5. The minimum absolute atomic E-state index is 0.0179. The first-order valence-corrected chi connectivity index (χ1v) is 5.98. The van der Waals surface area contributed by atoms with Gasteiger partial charge in [0, 0.05) is 32.2 Å². The van der Waals surface area contributed by atoms with E-state index in [0.717, 1.165) is 13.1 Å². The number of rotatable bonds is 4. The van der Waals surface area contributed by atoms with Crippen molar-refractivity contribution in [3.05, 3.63) is 0 Å². The average Bonchev–Trinajstić information content (AvgIpc) is 2.28. The summed E-state index contributed by atoms with van der Waals surface area (Å²) in [6.45, 7) is 5.00. The SMILES string of the molecule is CCC(CC(=O)O)NC(=O)N1CCN(C)CC1. The van der Waals surface area contributed by atoms with Crippen LogP contribution in [0.4, 0.5) is 4.79 Å². The molecule has 6 heteroatoms. The predicted octanol–water partition coefficient (Wildman–Crippen LogP) is 0.197. The summed E-state index contributed by atoms with van der Waals surface area (Å²) in [6, 6.07) is -0.425. The molecule has 98 valence electrons. The quantitative estimate of drug-likeness (QED) is 0.739. The molecule has 2 amide bonds. The molecule has 2 N–H and O–H groups in total. The summed E-state index contributed by atoms with van der Waals surface area (Å²) in [6.07, 6.45) is 0.613. The summed E-state index contributed by atoms with van der Waals surface area (Å²) in [5.41, 5.74) is 0. The van der Waals surface area contributed by atoms with E-state index in [9.17, 15) is 9.59 Å². The number of hydrogen-bond donors (Lipinski definition) is 2. The van der Waals surface area contributed by atoms with E-state index in [1.54, 1.807) is 4.90 Å². The number of amides is 2. The average molecular weight is 243 g/mol. The van der Waals surface area contributed by atoms with Gasteiger partial charge < -0.3 is 20.2 Å². The topological polar surface area (TPSA) is 72.9 Å². The van der Waals surface area contributed by atoms with Crippen molar-refractivity contribution >= 4 is 12.0 Å².